The highest BCUT2D eigenvalue weighted by molar-refractivity contribution is 5.96. The van der Waals surface area contributed by atoms with Gasteiger partial charge in [-0.05, 0) is 63.2 Å². The summed E-state index contributed by atoms with van der Waals surface area (Å²) in [4.78, 5) is 6.72. The largest absolute Gasteiger partial charge is 0.397 e. The van der Waals surface area contributed by atoms with Crippen molar-refractivity contribution in [1.82, 2.24) is 9.88 Å². The van der Waals surface area contributed by atoms with Gasteiger partial charge in [0.1, 0.15) is 0 Å². The van der Waals surface area contributed by atoms with E-state index in [4.69, 9.17) is 5.73 Å². The first-order chi connectivity index (χ1) is 9.74. The molecule has 1 saturated heterocycles. The zero-order valence-electron chi connectivity index (χ0n) is 12.0. The van der Waals surface area contributed by atoms with Gasteiger partial charge in [0.25, 0.3) is 0 Å². The van der Waals surface area contributed by atoms with E-state index in [0.29, 0.717) is 0 Å². The van der Waals surface area contributed by atoms with Crippen molar-refractivity contribution >= 4 is 22.3 Å². The Hall–Kier alpha value is -1.81. The van der Waals surface area contributed by atoms with Gasteiger partial charge in [0.05, 0.1) is 16.9 Å². The zero-order chi connectivity index (χ0) is 13.9. The molecule has 0 spiro atoms. The number of benzene rings is 1. The first-order valence-electron chi connectivity index (χ1n) is 7.29. The fraction of sp³-hybridized carbons (Fsp3) is 0.438. The van der Waals surface area contributed by atoms with Crippen molar-refractivity contribution in [2.75, 3.05) is 37.7 Å². The number of hydrogen-bond acceptors (Lipinski definition) is 4. The second kappa shape index (κ2) is 5.67. The van der Waals surface area contributed by atoms with Crippen molar-refractivity contribution in [3.05, 3.63) is 30.5 Å². The summed E-state index contributed by atoms with van der Waals surface area (Å²) < 4.78 is 0. The van der Waals surface area contributed by atoms with Gasteiger partial charge in [-0.15, -0.1) is 0 Å². The Labute approximate surface area is 120 Å². The number of anilines is 2. The van der Waals surface area contributed by atoms with Gasteiger partial charge in [-0.3, -0.25) is 4.98 Å². The minimum absolute atomic E-state index is 0.746. The molecule has 0 atom stereocenters. The molecule has 0 unspecified atom stereocenters. The number of pyridine rings is 1. The lowest BCUT2D eigenvalue weighted by Gasteiger charge is -2.29. The number of nitrogens with one attached hydrogen (secondary N) is 1. The molecule has 0 amide bonds. The third-order valence-corrected chi connectivity index (χ3v) is 4.25. The first kappa shape index (κ1) is 13.2. The maximum absolute atomic E-state index is 6.25. The van der Waals surface area contributed by atoms with E-state index in [9.17, 15) is 0 Å². The Bertz CT molecular complexity index is 588. The molecule has 2 heterocycles. The second-order valence-corrected chi connectivity index (χ2v) is 5.72. The Balaban J connectivity index is 1.70. The lowest BCUT2D eigenvalue weighted by molar-refractivity contribution is 0.226. The van der Waals surface area contributed by atoms with Crippen LogP contribution in [0.1, 0.15) is 12.8 Å². The maximum Gasteiger partial charge on any atom is 0.0724 e. The van der Waals surface area contributed by atoms with Gasteiger partial charge in [-0.2, -0.15) is 0 Å². The van der Waals surface area contributed by atoms with E-state index in [1.165, 1.54) is 25.9 Å². The standard InChI is InChI=1S/C16H22N4/c1-20-9-6-12(7-10-20)11-19-15-5-4-14-13(16(15)17)3-2-8-18-14/h2-5,8,12,19H,6-7,9-11,17H2,1H3. The van der Waals surface area contributed by atoms with E-state index in [1.807, 2.05) is 24.3 Å². The first-order valence-corrected chi connectivity index (χ1v) is 7.29. The predicted octanol–water partition coefficient (Wildman–Crippen LogP) is 2.57. The molecule has 1 aromatic carbocycles. The molecular weight excluding hydrogens is 248 g/mol. The Morgan fingerprint density at radius 1 is 1.30 bits per heavy atom. The molecule has 1 fully saturated rings. The van der Waals surface area contributed by atoms with Gasteiger partial charge >= 0.3 is 0 Å². The molecule has 0 bridgehead atoms. The van der Waals surface area contributed by atoms with Crippen LogP contribution in [0.4, 0.5) is 11.4 Å². The summed E-state index contributed by atoms with van der Waals surface area (Å²) in [5.41, 5.74) is 9.04. The summed E-state index contributed by atoms with van der Waals surface area (Å²) in [7, 11) is 2.19. The summed E-state index contributed by atoms with van der Waals surface area (Å²) >= 11 is 0. The average molecular weight is 270 g/mol. The summed E-state index contributed by atoms with van der Waals surface area (Å²) in [6, 6.07) is 8.03. The molecule has 20 heavy (non-hydrogen) atoms. The van der Waals surface area contributed by atoms with E-state index < -0.39 is 0 Å². The Morgan fingerprint density at radius 2 is 2.10 bits per heavy atom. The van der Waals surface area contributed by atoms with Gasteiger partial charge in [0, 0.05) is 18.1 Å². The fourth-order valence-corrected chi connectivity index (χ4v) is 2.85. The quantitative estimate of drug-likeness (QED) is 0.842. The molecule has 4 heteroatoms. The smallest absolute Gasteiger partial charge is 0.0724 e. The number of nitrogens with zero attached hydrogens (tertiary/aromatic N) is 2. The van der Waals surface area contributed by atoms with Gasteiger partial charge in [-0.1, -0.05) is 0 Å². The van der Waals surface area contributed by atoms with Crippen LogP contribution in [0.15, 0.2) is 30.5 Å². The third kappa shape index (κ3) is 2.70. The number of nitrogen functional groups attached to an aromatic ring is 1. The van der Waals surface area contributed by atoms with Crippen LogP contribution < -0.4 is 11.1 Å². The van der Waals surface area contributed by atoms with Gasteiger partial charge in [0.15, 0.2) is 0 Å². The molecule has 3 rings (SSSR count). The highest BCUT2D eigenvalue weighted by Gasteiger charge is 2.16. The summed E-state index contributed by atoms with van der Waals surface area (Å²) in [6.07, 6.45) is 4.32. The summed E-state index contributed by atoms with van der Waals surface area (Å²) in [5.74, 6) is 0.746. The van der Waals surface area contributed by atoms with Gasteiger partial charge < -0.3 is 16.0 Å². The van der Waals surface area contributed by atoms with Crippen molar-refractivity contribution in [3.8, 4) is 0 Å². The third-order valence-electron chi connectivity index (χ3n) is 4.25. The van der Waals surface area contributed by atoms with Crippen LogP contribution in [-0.4, -0.2) is 36.6 Å². The number of likely N-dealkylation sites (tertiary alicyclic amines) is 1. The molecule has 3 N–H and O–H groups in total. The van der Waals surface area contributed by atoms with Crippen LogP contribution in [-0.2, 0) is 0 Å². The molecule has 0 aliphatic carbocycles. The van der Waals surface area contributed by atoms with Crippen LogP contribution in [0.5, 0.6) is 0 Å². The van der Waals surface area contributed by atoms with E-state index >= 15 is 0 Å². The topological polar surface area (TPSA) is 54.2 Å². The molecule has 0 radical (unpaired) electrons. The SMILES string of the molecule is CN1CCC(CNc2ccc3ncccc3c2N)CC1. The highest BCUT2D eigenvalue weighted by Crippen LogP contribution is 2.28. The van der Waals surface area contributed by atoms with Crippen molar-refractivity contribution in [1.29, 1.82) is 0 Å². The van der Waals surface area contributed by atoms with Gasteiger partial charge in [0.2, 0.25) is 0 Å². The molecule has 1 aliphatic heterocycles. The van der Waals surface area contributed by atoms with E-state index in [-0.39, 0.29) is 0 Å². The normalized spacial score (nSPS) is 17.4. The number of rotatable bonds is 3. The average Bonchev–Trinajstić information content (AvgIpc) is 2.49. The molecule has 2 aromatic rings. The van der Waals surface area contributed by atoms with E-state index in [0.717, 1.165) is 34.7 Å². The van der Waals surface area contributed by atoms with Crippen LogP contribution in [0, 0.1) is 5.92 Å². The fourth-order valence-electron chi connectivity index (χ4n) is 2.85. The summed E-state index contributed by atoms with van der Waals surface area (Å²) in [5, 5.41) is 4.55. The molecular formula is C16H22N4. The number of nitrogens with two attached hydrogens (primary N) is 1. The van der Waals surface area contributed by atoms with Gasteiger partial charge in [-0.25, -0.2) is 0 Å². The number of piperidine rings is 1. The van der Waals surface area contributed by atoms with Crippen LogP contribution >= 0.6 is 0 Å². The Morgan fingerprint density at radius 3 is 2.90 bits per heavy atom. The van der Waals surface area contributed by atoms with E-state index in [2.05, 4.69) is 22.2 Å². The lowest BCUT2D eigenvalue weighted by atomic mass is 9.97. The van der Waals surface area contributed by atoms with Crippen molar-refractivity contribution < 1.29 is 0 Å². The van der Waals surface area contributed by atoms with Crippen LogP contribution in [0.25, 0.3) is 10.9 Å². The molecule has 0 saturated carbocycles. The molecule has 4 nitrogen and oxygen atoms in total. The molecule has 106 valence electrons. The monoisotopic (exact) mass is 270 g/mol. The van der Waals surface area contributed by atoms with Crippen LogP contribution in [0.2, 0.25) is 0 Å². The van der Waals surface area contributed by atoms with Crippen molar-refractivity contribution in [2.45, 2.75) is 12.8 Å². The molecule has 1 aliphatic rings. The Kier molecular flexibility index (Phi) is 3.74. The van der Waals surface area contributed by atoms with Crippen molar-refractivity contribution in [2.24, 2.45) is 5.92 Å². The number of aromatic nitrogens is 1. The maximum atomic E-state index is 6.25. The highest BCUT2D eigenvalue weighted by atomic mass is 15.1. The zero-order valence-corrected chi connectivity index (χ0v) is 12.0. The minimum Gasteiger partial charge on any atom is -0.397 e. The number of fused-ring (bicyclic) bond motifs is 1. The van der Waals surface area contributed by atoms with Crippen molar-refractivity contribution in [3.63, 3.8) is 0 Å². The number of hydrogen-bond donors (Lipinski definition) is 2. The summed E-state index contributed by atoms with van der Waals surface area (Å²) in [6.45, 7) is 3.40. The molecule has 1 aromatic heterocycles. The predicted molar refractivity (Wildman–Crippen MR) is 84.9 cm³/mol. The second-order valence-electron chi connectivity index (χ2n) is 5.72. The minimum atomic E-state index is 0.746. The lowest BCUT2D eigenvalue weighted by Crippen LogP contribution is -2.33. The van der Waals surface area contributed by atoms with E-state index in [1.54, 1.807) is 6.20 Å². The van der Waals surface area contributed by atoms with Crippen LogP contribution in [0.3, 0.4) is 0 Å².